The van der Waals surface area contributed by atoms with Crippen molar-refractivity contribution in [2.24, 2.45) is 0 Å². The first-order valence-electron chi connectivity index (χ1n) is 12.4. The minimum atomic E-state index is -4.81. The fourth-order valence-electron chi connectivity index (χ4n) is 3.96. The molecule has 0 atom stereocenters. The zero-order chi connectivity index (χ0) is 31.4. The Labute approximate surface area is 254 Å². The van der Waals surface area contributed by atoms with E-state index >= 15 is 0 Å². The Bertz CT molecular complexity index is 1700. The lowest BCUT2D eigenvalue weighted by Gasteiger charge is -2.23. The average Bonchev–Trinajstić information content (AvgIpc) is 2.94. The maximum absolute atomic E-state index is 13.7. The quantitative estimate of drug-likeness (QED) is 0.178. The first-order valence-corrected chi connectivity index (χ1v) is 14.6. The number of rotatable bonds is 10. The van der Waals surface area contributed by atoms with Gasteiger partial charge in [-0.1, -0.05) is 59.6 Å². The van der Waals surface area contributed by atoms with Crippen LogP contribution >= 0.6 is 23.2 Å². The van der Waals surface area contributed by atoms with Gasteiger partial charge in [0.15, 0.2) is 5.75 Å². The molecular weight excluding hydrogens is 635 g/mol. The van der Waals surface area contributed by atoms with Gasteiger partial charge < -0.3 is 15.2 Å². The summed E-state index contributed by atoms with van der Waals surface area (Å²) in [5.74, 6) is -2.04. The molecule has 0 aliphatic carbocycles. The molecule has 4 rings (SSSR count). The first-order chi connectivity index (χ1) is 20.2. The Morgan fingerprint density at radius 3 is 1.95 bits per heavy atom. The van der Waals surface area contributed by atoms with E-state index in [1.54, 1.807) is 0 Å². The molecule has 0 spiro atoms. The molecule has 2 N–H and O–H groups in total. The monoisotopic (exact) mass is 656 g/mol. The van der Waals surface area contributed by atoms with E-state index in [9.17, 15) is 35.9 Å². The molecule has 4 aromatic carbocycles. The molecule has 0 radical (unpaired) electrons. The highest BCUT2D eigenvalue weighted by molar-refractivity contribution is 7.89. The van der Waals surface area contributed by atoms with Gasteiger partial charge in [-0.15, -0.1) is 13.2 Å². The number of phenols is 1. The van der Waals surface area contributed by atoms with Gasteiger partial charge in [0.25, 0.3) is 5.91 Å². The fraction of sp³-hybridized carbons (Fsp3) is 0.138. The summed E-state index contributed by atoms with van der Waals surface area (Å²) >= 11 is 12.0. The van der Waals surface area contributed by atoms with Crippen LogP contribution in [-0.4, -0.2) is 30.1 Å². The highest BCUT2D eigenvalue weighted by Gasteiger charge is 2.31. The predicted molar refractivity (Wildman–Crippen MR) is 152 cm³/mol. The number of hydrogen-bond donors (Lipinski definition) is 2. The van der Waals surface area contributed by atoms with E-state index in [1.807, 2.05) is 0 Å². The molecule has 0 aliphatic heterocycles. The zero-order valence-electron chi connectivity index (χ0n) is 21.9. The molecule has 1 amide bonds. The summed E-state index contributed by atoms with van der Waals surface area (Å²) in [4.78, 5) is 12.1. The van der Waals surface area contributed by atoms with Gasteiger partial charge in [0.05, 0.1) is 5.02 Å². The third-order valence-corrected chi connectivity index (χ3v) is 8.38. The van der Waals surface area contributed by atoms with Crippen molar-refractivity contribution >= 4 is 39.1 Å². The molecule has 0 aliphatic rings. The SMILES string of the molecule is O=C(NCc1ccc(OC(F)(F)F)cc1)c1ccc(CN(Cc2ccc(F)cc2)S(=O)(=O)c2cc(Cl)cc(Cl)c2O)cc1. The maximum atomic E-state index is 13.7. The zero-order valence-corrected chi connectivity index (χ0v) is 24.2. The molecule has 7 nitrogen and oxygen atoms in total. The third-order valence-electron chi connectivity index (χ3n) is 6.07. The summed E-state index contributed by atoms with van der Waals surface area (Å²) < 4.78 is 82.7. The second kappa shape index (κ2) is 13.2. The second-order valence-corrected chi connectivity index (χ2v) is 12.0. The number of nitrogens with zero attached hydrogens (tertiary/aromatic N) is 1. The van der Waals surface area contributed by atoms with Crippen LogP contribution in [-0.2, 0) is 29.7 Å². The van der Waals surface area contributed by atoms with E-state index in [4.69, 9.17) is 23.2 Å². The Kier molecular flexibility index (Phi) is 9.86. The minimum absolute atomic E-state index is 0.0101. The summed E-state index contributed by atoms with van der Waals surface area (Å²) in [5, 5.41) is 12.8. The Morgan fingerprint density at radius 2 is 1.40 bits per heavy atom. The van der Waals surface area contributed by atoms with Crippen molar-refractivity contribution in [2.45, 2.75) is 30.9 Å². The van der Waals surface area contributed by atoms with Gasteiger partial charge in [-0.05, 0) is 65.2 Å². The summed E-state index contributed by atoms with van der Waals surface area (Å²) in [5.41, 5.74) is 1.72. The molecule has 0 heterocycles. The molecule has 0 saturated heterocycles. The van der Waals surface area contributed by atoms with Gasteiger partial charge in [-0.25, -0.2) is 12.8 Å². The second-order valence-electron chi connectivity index (χ2n) is 9.21. The number of amides is 1. The number of aromatic hydroxyl groups is 1. The number of benzene rings is 4. The Hall–Kier alpha value is -3.84. The highest BCUT2D eigenvalue weighted by atomic mass is 35.5. The molecule has 0 unspecified atom stereocenters. The molecule has 0 aromatic heterocycles. The third kappa shape index (κ3) is 8.60. The van der Waals surface area contributed by atoms with Gasteiger partial charge in [0.1, 0.15) is 16.5 Å². The van der Waals surface area contributed by atoms with Crippen LogP contribution in [0.15, 0.2) is 89.8 Å². The highest BCUT2D eigenvalue weighted by Crippen LogP contribution is 2.36. The number of sulfonamides is 1. The standard InChI is InChI=1S/C29H22Cl2F4N2O5S/c30-22-13-25(31)27(38)26(14-22)43(40,41)37(17-20-3-9-23(32)10-4-20)16-19-1-7-21(8-2-19)28(39)36-15-18-5-11-24(12-6-18)42-29(33,34)35/h1-14,38H,15-17H2,(H,36,39). The van der Waals surface area contributed by atoms with Crippen LogP contribution in [0.5, 0.6) is 11.5 Å². The maximum Gasteiger partial charge on any atom is 0.573 e. The lowest BCUT2D eigenvalue weighted by atomic mass is 10.1. The predicted octanol–water partition coefficient (Wildman–Crippen LogP) is 7.06. The number of nitrogens with one attached hydrogen (secondary N) is 1. The molecule has 43 heavy (non-hydrogen) atoms. The van der Waals surface area contributed by atoms with Crippen molar-refractivity contribution < 1.29 is 40.6 Å². The minimum Gasteiger partial charge on any atom is -0.505 e. The van der Waals surface area contributed by atoms with Crippen LogP contribution in [0.2, 0.25) is 10.0 Å². The Morgan fingerprint density at radius 1 is 0.860 bits per heavy atom. The van der Waals surface area contributed by atoms with Gasteiger partial charge >= 0.3 is 6.36 Å². The summed E-state index contributed by atoms with van der Waals surface area (Å²) in [7, 11) is -4.39. The molecular formula is C29H22Cl2F4N2O5S. The summed E-state index contributed by atoms with van der Waals surface area (Å²) in [6.45, 7) is -0.360. The van der Waals surface area contributed by atoms with E-state index in [-0.39, 0.29) is 41.0 Å². The fourth-order valence-corrected chi connectivity index (χ4v) is 6.12. The number of halogens is 6. The molecule has 0 saturated carbocycles. The largest absolute Gasteiger partial charge is 0.573 e. The average molecular weight is 657 g/mol. The van der Waals surface area contributed by atoms with Crippen molar-refractivity contribution in [1.82, 2.24) is 9.62 Å². The van der Waals surface area contributed by atoms with E-state index in [1.165, 1.54) is 66.7 Å². The lowest BCUT2D eigenvalue weighted by Crippen LogP contribution is -2.30. The van der Waals surface area contributed by atoms with E-state index in [0.717, 1.165) is 22.5 Å². The van der Waals surface area contributed by atoms with Crippen molar-refractivity contribution in [3.05, 3.63) is 123 Å². The number of phenolic OH excluding ortho intramolecular Hbond substituents is 1. The van der Waals surface area contributed by atoms with Crippen molar-refractivity contribution in [1.29, 1.82) is 0 Å². The van der Waals surface area contributed by atoms with Gasteiger partial charge in [0.2, 0.25) is 10.0 Å². The number of carbonyl (C=O) groups is 1. The molecule has 0 bridgehead atoms. The summed E-state index contributed by atoms with van der Waals surface area (Å²) in [6, 6.07) is 18.5. The van der Waals surface area contributed by atoms with E-state index < -0.39 is 38.8 Å². The molecule has 14 heteroatoms. The Balaban J connectivity index is 1.50. The van der Waals surface area contributed by atoms with Crippen LogP contribution in [0.4, 0.5) is 17.6 Å². The van der Waals surface area contributed by atoms with Crippen molar-refractivity contribution in [2.75, 3.05) is 0 Å². The van der Waals surface area contributed by atoms with Crippen LogP contribution in [0, 0.1) is 5.82 Å². The van der Waals surface area contributed by atoms with Crippen molar-refractivity contribution in [3.8, 4) is 11.5 Å². The smallest absolute Gasteiger partial charge is 0.505 e. The van der Waals surface area contributed by atoms with Crippen LogP contribution in [0.1, 0.15) is 27.0 Å². The van der Waals surface area contributed by atoms with Crippen LogP contribution in [0.3, 0.4) is 0 Å². The van der Waals surface area contributed by atoms with Crippen LogP contribution < -0.4 is 10.1 Å². The van der Waals surface area contributed by atoms with Gasteiger partial charge in [-0.2, -0.15) is 4.31 Å². The van der Waals surface area contributed by atoms with Gasteiger partial charge in [0, 0.05) is 30.2 Å². The first kappa shape index (κ1) is 32.1. The molecule has 4 aromatic rings. The number of ether oxygens (including phenoxy) is 1. The van der Waals surface area contributed by atoms with E-state index in [2.05, 4.69) is 10.1 Å². The van der Waals surface area contributed by atoms with E-state index in [0.29, 0.717) is 16.7 Å². The normalized spacial score (nSPS) is 11.9. The lowest BCUT2D eigenvalue weighted by molar-refractivity contribution is -0.274. The molecule has 0 fully saturated rings. The van der Waals surface area contributed by atoms with Crippen LogP contribution in [0.25, 0.3) is 0 Å². The summed E-state index contributed by atoms with van der Waals surface area (Å²) in [6.07, 6.45) is -4.81. The van der Waals surface area contributed by atoms with Crippen molar-refractivity contribution in [3.63, 3.8) is 0 Å². The number of hydrogen-bond acceptors (Lipinski definition) is 5. The number of alkyl halides is 3. The topological polar surface area (TPSA) is 95.9 Å². The molecule has 226 valence electrons. The van der Waals surface area contributed by atoms with Gasteiger partial charge in [-0.3, -0.25) is 4.79 Å². The number of carbonyl (C=O) groups excluding carboxylic acids is 1.